The number of ether oxygens (including phenoxy) is 3. The fourth-order valence-electron chi connectivity index (χ4n) is 2.33. The Hall–Kier alpha value is -2.54. The summed E-state index contributed by atoms with van der Waals surface area (Å²) in [7, 11) is 1.59. The highest BCUT2D eigenvalue weighted by atomic mass is 79.9. The minimum Gasteiger partial charge on any atom is -0.493 e. The van der Waals surface area contributed by atoms with Crippen LogP contribution in [0, 0.1) is 0 Å². The molecule has 0 fully saturated rings. The number of hydrogen-bond donors (Lipinski definition) is 1. The number of nitrogens with one attached hydrogen (secondary N) is 1. The second-order valence-electron chi connectivity index (χ2n) is 6.01. The van der Waals surface area contributed by atoms with Gasteiger partial charge in [-0.2, -0.15) is 5.10 Å². The molecule has 0 radical (unpaired) electrons. The molecule has 0 aliphatic rings. The normalized spacial score (nSPS) is 10.7. The number of unbranched alkanes of at least 4 members (excludes halogenated alkanes) is 2. The maximum Gasteiger partial charge on any atom is 0.277 e. The molecular formula is C21H25BrN2O4. The van der Waals surface area contributed by atoms with Crippen molar-refractivity contribution >= 4 is 28.1 Å². The standard InChI is InChI=1S/C21H25BrN2O4/c1-3-4-5-11-27-19-10-9-16(12-20(19)26-2)14-23-24-21(25)15-28-18-8-6-7-17(22)13-18/h6-10,12-14H,3-5,11,15H2,1-2H3,(H,24,25)/b23-14+. The smallest absolute Gasteiger partial charge is 0.277 e. The van der Waals surface area contributed by atoms with Crippen LogP contribution in [0.2, 0.25) is 0 Å². The van der Waals surface area contributed by atoms with Crippen molar-refractivity contribution in [3.05, 3.63) is 52.5 Å². The van der Waals surface area contributed by atoms with Gasteiger partial charge in [-0.1, -0.05) is 41.8 Å². The Morgan fingerprint density at radius 3 is 2.75 bits per heavy atom. The molecule has 1 amide bonds. The first-order valence-electron chi connectivity index (χ1n) is 9.13. The van der Waals surface area contributed by atoms with Crippen LogP contribution in [-0.4, -0.2) is 32.4 Å². The molecule has 0 saturated carbocycles. The van der Waals surface area contributed by atoms with Gasteiger partial charge in [0.1, 0.15) is 5.75 Å². The molecule has 0 aliphatic heterocycles. The minimum atomic E-state index is -0.348. The maximum absolute atomic E-state index is 11.8. The fraction of sp³-hybridized carbons (Fsp3) is 0.333. The van der Waals surface area contributed by atoms with Crippen LogP contribution >= 0.6 is 15.9 Å². The van der Waals surface area contributed by atoms with E-state index in [1.165, 1.54) is 0 Å². The summed E-state index contributed by atoms with van der Waals surface area (Å²) in [5.74, 6) is 1.58. The molecule has 0 bridgehead atoms. The van der Waals surface area contributed by atoms with Crippen molar-refractivity contribution in [1.29, 1.82) is 0 Å². The highest BCUT2D eigenvalue weighted by Crippen LogP contribution is 2.27. The van der Waals surface area contributed by atoms with E-state index >= 15 is 0 Å². The van der Waals surface area contributed by atoms with Gasteiger partial charge in [-0.15, -0.1) is 0 Å². The van der Waals surface area contributed by atoms with Crippen LogP contribution < -0.4 is 19.6 Å². The maximum atomic E-state index is 11.8. The Morgan fingerprint density at radius 2 is 2.00 bits per heavy atom. The van der Waals surface area contributed by atoms with E-state index in [-0.39, 0.29) is 12.5 Å². The molecule has 0 unspecified atom stereocenters. The molecule has 0 aliphatic carbocycles. The molecule has 0 heterocycles. The third-order valence-electron chi connectivity index (χ3n) is 3.76. The van der Waals surface area contributed by atoms with Gasteiger partial charge in [-0.25, -0.2) is 5.43 Å². The largest absolute Gasteiger partial charge is 0.493 e. The van der Waals surface area contributed by atoms with E-state index in [0.717, 1.165) is 29.3 Å². The van der Waals surface area contributed by atoms with Crippen molar-refractivity contribution in [2.24, 2.45) is 5.10 Å². The van der Waals surface area contributed by atoms with Crippen LogP contribution in [0.5, 0.6) is 17.2 Å². The first-order valence-corrected chi connectivity index (χ1v) is 9.92. The van der Waals surface area contributed by atoms with E-state index < -0.39 is 0 Å². The number of amides is 1. The number of methoxy groups -OCH3 is 1. The summed E-state index contributed by atoms with van der Waals surface area (Å²) in [5, 5.41) is 3.95. The van der Waals surface area contributed by atoms with Gasteiger partial charge in [0.15, 0.2) is 18.1 Å². The summed E-state index contributed by atoms with van der Waals surface area (Å²) in [6, 6.07) is 12.8. The average molecular weight is 449 g/mol. The zero-order valence-electron chi connectivity index (χ0n) is 16.1. The number of carbonyl (C=O) groups is 1. The van der Waals surface area contributed by atoms with E-state index in [4.69, 9.17) is 14.2 Å². The van der Waals surface area contributed by atoms with Crippen LogP contribution in [0.1, 0.15) is 31.7 Å². The number of hydrogen-bond acceptors (Lipinski definition) is 5. The predicted molar refractivity (Wildman–Crippen MR) is 113 cm³/mol. The molecule has 2 rings (SSSR count). The highest BCUT2D eigenvalue weighted by Gasteiger charge is 2.05. The van der Waals surface area contributed by atoms with Gasteiger partial charge in [0.2, 0.25) is 0 Å². The molecule has 1 N–H and O–H groups in total. The SMILES string of the molecule is CCCCCOc1ccc(/C=N/NC(=O)COc2cccc(Br)c2)cc1OC. The minimum absolute atomic E-state index is 0.123. The molecule has 0 aromatic heterocycles. The van der Waals surface area contributed by atoms with E-state index in [2.05, 4.69) is 33.4 Å². The van der Waals surface area contributed by atoms with E-state index in [1.807, 2.05) is 30.3 Å². The topological polar surface area (TPSA) is 69.2 Å². The summed E-state index contributed by atoms with van der Waals surface area (Å²) in [6.45, 7) is 2.69. The monoisotopic (exact) mass is 448 g/mol. The van der Waals surface area contributed by atoms with Crippen LogP contribution in [0.25, 0.3) is 0 Å². The fourth-order valence-corrected chi connectivity index (χ4v) is 2.71. The number of carbonyl (C=O) groups excluding carboxylic acids is 1. The number of nitrogens with zero attached hydrogens (tertiary/aromatic N) is 1. The molecule has 0 saturated heterocycles. The van der Waals surface area contributed by atoms with Crippen LogP contribution in [0.3, 0.4) is 0 Å². The second kappa shape index (κ2) is 12.0. The van der Waals surface area contributed by atoms with E-state index in [0.29, 0.717) is 23.9 Å². The van der Waals surface area contributed by atoms with Crippen LogP contribution in [-0.2, 0) is 4.79 Å². The second-order valence-corrected chi connectivity index (χ2v) is 6.92. The predicted octanol–water partition coefficient (Wildman–Crippen LogP) is 4.56. The van der Waals surface area contributed by atoms with Gasteiger partial charge in [-0.05, 0) is 48.4 Å². The van der Waals surface area contributed by atoms with Gasteiger partial charge in [0, 0.05) is 4.47 Å². The Labute approximate surface area is 174 Å². The first kappa shape index (κ1) is 21.8. The molecule has 28 heavy (non-hydrogen) atoms. The van der Waals surface area contributed by atoms with Crippen molar-refractivity contribution in [2.45, 2.75) is 26.2 Å². The van der Waals surface area contributed by atoms with Gasteiger partial charge in [0.25, 0.3) is 5.91 Å². The van der Waals surface area contributed by atoms with E-state index in [9.17, 15) is 4.79 Å². The number of halogens is 1. The summed E-state index contributed by atoms with van der Waals surface area (Å²) < 4.78 is 17.4. The van der Waals surface area contributed by atoms with Crippen molar-refractivity contribution in [3.8, 4) is 17.2 Å². The quantitative estimate of drug-likeness (QED) is 0.310. The van der Waals surface area contributed by atoms with Gasteiger partial charge in [-0.3, -0.25) is 4.79 Å². The lowest BCUT2D eigenvalue weighted by molar-refractivity contribution is -0.123. The van der Waals surface area contributed by atoms with Crippen molar-refractivity contribution in [2.75, 3.05) is 20.3 Å². The summed E-state index contributed by atoms with van der Waals surface area (Å²) in [5.41, 5.74) is 3.22. The first-order chi connectivity index (χ1) is 13.6. The lowest BCUT2D eigenvalue weighted by Crippen LogP contribution is -2.24. The third-order valence-corrected chi connectivity index (χ3v) is 4.26. The molecule has 2 aromatic rings. The van der Waals surface area contributed by atoms with Crippen molar-refractivity contribution in [3.63, 3.8) is 0 Å². The van der Waals surface area contributed by atoms with E-state index in [1.54, 1.807) is 25.5 Å². The number of hydrazone groups is 1. The van der Waals surface area contributed by atoms with Crippen LogP contribution in [0.4, 0.5) is 0 Å². The van der Waals surface area contributed by atoms with Crippen molar-refractivity contribution in [1.82, 2.24) is 5.43 Å². The number of rotatable bonds is 11. The summed E-state index contributed by atoms with van der Waals surface area (Å²) in [6.07, 6.45) is 4.84. The molecule has 150 valence electrons. The van der Waals surface area contributed by atoms with Gasteiger partial charge >= 0.3 is 0 Å². The molecule has 0 spiro atoms. The Bertz CT molecular complexity index is 796. The summed E-state index contributed by atoms with van der Waals surface area (Å²) in [4.78, 5) is 11.8. The Balaban J connectivity index is 1.83. The van der Waals surface area contributed by atoms with Gasteiger partial charge in [0.05, 0.1) is 19.9 Å². The third kappa shape index (κ3) is 7.60. The molecule has 2 aromatic carbocycles. The zero-order valence-corrected chi connectivity index (χ0v) is 17.7. The highest BCUT2D eigenvalue weighted by molar-refractivity contribution is 9.10. The molecular weight excluding hydrogens is 424 g/mol. The molecule has 0 atom stereocenters. The lowest BCUT2D eigenvalue weighted by atomic mass is 10.2. The lowest BCUT2D eigenvalue weighted by Gasteiger charge is -2.11. The number of benzene rings is 2. The molecule has 7 heteroatoms. The average Bonchev–Trinajstić information content (AvgIpc) is 2.70. The van der Waals surface area contributed by atoms with Gasteiger partial charge < -0.3 is 14.2 Å². The Morgan fingerprint density at radius 1 is 1.14 bits per heavy atom. The van der Waals surface area contributed by atoms with Crippen LogP contribution in [0.15, 0.2) is 52.0 Å². The van der Waals surface area contributed by atoms with Crippen molar-refractivity contribution < 1.29 is 19.0 Å². The molecule has 6 nitrogen and oxygen atoms in total. The Kier molecular flexibility index (Phi) is 9.34. The zero-order chi connectivity index (χ0) is 20.2. The summed E-state index contributed by atoms with van der Waals surface area (Å²) >= 11 is 3.35.